The van der Waals surface area contributed by atoms with Gasteiger partial charge in [-0.3, -0.25) is 9.59 Å². The maximum atomic E-state index is 13.1. The fourth-order valence-corrected chi connectivity index (χ4v) is 3.20. The molecule has 136 valence electrons. The van der Waals surface area contributed by atoms with E-state index in [2.05, 4.69) is 15.7 Å². The van der Waals surface area contributed by atoms with Crippen LogP contribution in [0, 0.1) is 5.82 Å². The lowest BCUT2D eigenvalue weighted by atomic mass is 10.1. The quantitative estimate of drug-likeness (QED) is 0.717. The third kappa shape index (κ3) is 3.41. The van der Waals surface area contributed by atoms with Crippen LogP contribution in [-0.4, -0.2) is 21.6 Å². The average molecular weight is 385 g/mol. The highest BCUT2D eigenvalue weighted by molar-refractivity contribution is 6.30. The molecule has 0 saturated heterocycles. The normalized spacial score (nSPS) is 15.3. The largest absolute Gasteiger partial charge is 0.326 e. The van der Waals surface area contributed by atoms with E-state index in [1.165, 1.54) is 16.8 Å². The van der Waals surface area contributed by atoms with E-state index in [-0.39, 0.29) is 24.1 Å². The van der Waals surface area contributed by atoms with Crippen LogP contribution in [0.15, 0.2) is 54.7 Å². The molecular weight excluding hydrogens is 371 g/mol. The van der Waals surface area contributed by atoms with Crippen LogP contribution >= 0.6 is 11.6 Å². The Morgan fingerprint density at radius 1 is 1.26 bits per heavy atom. The standard InChI is InChI=1S/C19H14ClFN4O2/c20-12-2-1-3-14(8-12)23-17(26)9-16-19(27)24-18-15(10-22-25(16)18)11-4-6-13(21)7-5-11/h1-8,10,16H,9H2,(H,23,26)(H,24,27). The van der Waals surface area contributed by atoms with Crippen LogP contribution in [0.25, 0.3) is 11.1 Å². The van der Waals surface area contributed by atoms with Gasteiger partial charge in [0.15, 0.2) is 0 Å². The van der Waals surface area contributed by atoms with Gasteiger partial charge in [0.25, 0.3) is 5.91 Å². The van der Waals surface area contributed by atoms with E-state index in [1.807, 2.05) is 0 Å². The van der Waals surface area contributed by atoms with Gasteiger partial charge in [-0.15, -0.1) is 0 Å². The molecule has 3 aromatic rings. The number of hydrogen-bond donors (Lipinski definition) is 2. The van der Waals surface area contributed by atoms with Crippen molar-refractivity contribution in [3.8, 4) is 11.1 Å². The molecule has 2 N–H and O–H groups in total. The second-order valence-electron chi connectivity index (χ2n) is 6.13. The van der Waals surface area contributed by atoms with Gasteiger partial charge in [0.05, 0.1) is 12.6 Å². The minimum atomic E-state index is -0.756. The summed E-state index contributed by atoms with van der Waals surface area (Å²) in [5, 5.41) is 10.2. The maximum Gasteiger partial charge on any atom is 0.251 e. The number of carbonyl (C=O) groups excluding carboxylic acids is 2. The number of nitrogens with zero attached hydrogens (tertiary/aromatic N) is 2. The first-order valence-corrected chi connectivity index (χ1v) is 8.59. The molecule has 0 aliphatic carbocycles. The summed E-state index contributed by atoms with van der Waals surface area (Å²) in [6, 6.07) is 11.9. The maximum absolute atomic E-state index is 13.1. The fraction of sp³-hybridized carbons (Fsp3) is 0.105. The molecule has 2 aromatic carbocycles. The van der Waals surface area contributed by atoms with Crippen LogP contribution in [-0.2, 0) is 9.59 Å². The van der Waals surface area contributed by atoms with E-state index in [0.717, 1.165) is 5.56 Å². The molecule has 0 fully saturated rings. The lowest BCUT2D eigenvalue weighted by Crippen LogP contribution is -2.23. The van der Waals surface area contributed by atoms with Gasteiger partial charge in [-0.2, -0.15) is 5.10 Å². The Morgan fingerprint density at radius 3 is 2.78 bits per heavy atom. The van der Waals surface area contributed by atoms with Crippen molar-refractivity contribution in [3.63, 3.8) is 0 Å². The predicted octanol–water partition coefficient (Wildman–Crippen LogP) is 3.86. The Hall–Kier alpha value is -3.19. The molecule has 6 nitrogen and oxygen atoms in total. The Labute approximate surface area is 158 Å². The van der Waals surface area contributed by atoms with Crippen molar-refractivity contribution in [2.45, 2.75) is 12.5 Å². The van der Waals surface area contributed by atoms with E-state index in [0.29, 0.717) is 22.1 Å². The molecule has 0 saturated carbocycles. The molecule has 4 rings (SSSR count). The molecular formula is C19H14ClFN4O2. The third-order valence-electron chi connectivity index (χ3n) is 4.28. The number of nitrogens with one attached hydrogen (secondary N) is 2. The van der Waals surface area contributed by atoms with E-state index in [9.17, 15) is 14.0 Å². The molecule has 1 aliphatic heterocycles. The van der Waals surface area contributed by atoms with Gasteiger partial charge in [-0.1, -0.05) is 29.8 Å². The van der Waals surface area contributed by atoms with E-state index in [4.69, 9.17) is 11.6 Å². The van der Waals surface area contributed by atoms with E-state index < -0.39 is 6.04 Å². The van der Waals surface area contributed by atoms with Crippen LogP contribution in [0.4, 0.5) is 15.9 Å². The van der Waals surface area contributed by atoms with Crippen molar-refractivity contribution >= 4 is 34.9 Å². The van der Waals surface area contributed by atoms with Crippen LogP contribution in [0.3, 0.4) is 0 Å². The predicted molar refractivity (Wildman–Crippen MR) is 100.0 cm³/mol. The van der Waals surface area contributed by atoms with Crippen LogP contribution in [0.5, 0.6) is 0 Å². The van der Waals surface area contributed by atoms with E-state index in [1.54, 1.807) is 42.6 Å². The Kier molecular flexibility index (Phi) is 4.37. The number of fused-ring (bicyclic) bond motifs is 1. The molecule has 0 spiro atoms. The van der Waals surface area contributed by atoms with Crippen LogP contribution < -0.4 is 10.6 Å². The summed E-state index contributed by atoms with van der Waals surface area (Å²) in [6.45, 7) is 0. The zero-order chi connectivity index (χ0) is 19.0. The Bertz CT molecular complexity index is 1030. The number of carbonyl (C=O) groups is 2. The molecule has 1 unspecified atom stereocenters. The summed E-state index contributed by atoms with van der Waals surface area (Å²) >= 11 is 5.91. The Morgan fingerprint density at radius 2 is 2.04 bits per heavy atom. The highest BCUT2D eigenvalue weighted by Crippen LogP contribution is 2.35. The smallest absolute Gasteiger partial charge is 0.251 e. The minimum absolute atomic E-state index is 0.0735. The molecule has 2 amide bonds. The van der Waals surface area contributed by atoms with E-state index >= 15 is 0 Å². The number of amides is 2. The summed E-state index contributed by atoms with van der Waals surface area (Å²) in [6.07, 6.45) is 1.51. The number of aromatic nitrogens is 2. The van der Waals surface area contributed by atoms with Crippen molar-refractivity contribution < 1.29 is 14.0 Å². The van der Waals surface area contributed by atoms with Gasteiger partial charge >= 0.3 is 0 Å². The molecule has 1 atom stereocenters. The van der Waals surface area contributed by atoms with Gasteiger partial charge in [0, 0.05) is 16.3 Å². The number of halogens is 2. The third-order valence-corrected chi connectivity index (χ3v) is 4.51. The highest BCUT2D eigenvalue weighted by atomic mass is 35.5. The van der Waals surface area contributed by atoms with Gasteiger partial charge in [-0.25, -0.2) is 9.07 Å². The van der Waals surface area contributed by atoms with Crippen LogP contribution in [0.2, 0.25) is 5.02 Å². The van der Waals surface area contributed by atoms with Gasteiger partial charge < -0.3 is 10.6 Å². The first-order chi connectivity index (χ1) is 13.0. The lowest BCUT2D eigenvalue weighted by Gasteiger charge is -2.10. The number of anilines is 2. The highest BCUT2D eigenvalue weighted by Gasteiger charge is 2.35. The first-order valence-electron chi connectivity index (χ1n) is 8.21. The minimum Gasteiger partial charge on any atom is -0.326 e. The molecule has 27 heavy (non-hydrogen) atoms. The van der Waals surface area contributed by atoms with Crippen molar-refractivity contribution in [1.29, 1.82) is 0 Å². The topological polar surface area (TPSA) is 76.0 Å². The second kappa shape index (κ2) is 6.85. The summed E-state index contributed by atoms with van der Waals surface area (Å²) in [5.74, 6) is -0.499. The summed E-state index contributed by atoms with van der Waals surface area (Å²) < 4.78 is 14.6. The van der Waals surface area contributed by atoms with Crippen molar-refractivity contribution in [2.24, 2.45) is 0 Å². The van der Waals surface area contributed by atoms with Crippen molar-refractivity contribution in [3.05, 3.63) is 65.6 Å². The van der Waals surface area contributed by atoms with Crippen LogP contribution in [0.1, 0.15) is 12.5 Å². The van der Waals surface area contributed by atoms with Crippen molar-refractivity contribution in [1.82, 2.24) is 9.78 Å². The fourth-order valence-electron chi connectivity index (χ4n) is 3.01. The monoisotopic (exact) mass is 384 g/mol. The molecule has 1 aromatic heterocycles. The zero-order valence-electron chi connectivity index (χ0n) is 13.9. The van der Waals surface area contributed by atoms with Gasteiger partial charge in [0.1, 0.15) is 17.7 Å². The molecule has 0 bridgehead atoms. The number of benzene rings is 2. The second-order valence-corrected chi connectivity index (χ2v) is 6.56. The molecule has 8 heteroatoms. The first kappa shape index (κ1) is 17.2. The summed E-state index contributed by atoms with van der Waals surface area (Å²) in [5.41, 5.74) is 1.95. The summed E-state index contributed by atoms with van der Waals surface area (Å²) in [4.78, 5) is 24.7. The van der Waals surface area contributed by atoms with Crippen molar-refractivity contribution in [2.75, 3.05) is 10.6 Å². The number of rotatable bonds is 4. The Balaban J connectivity index is 1.54. The number of hydrogen-bond acceptors (Lipinski definition) is 3. The zero-order valence-corrected chi connectivity index (χ0v) is 14.7. The molecule has 2 heterocycles. The SMILES string of the molecule is O=C(CC1C(=O)Nc2c(-c3ccc(F)cc3)cnn21)Nc1cccc(Cl)c1. The van der Waals surface area contributed by atoms with Gasteiger partial charge in [-0.05, 0) is 35.9 Å². The lowest BCUT2D eigenvalue weighted by molar-refractivity contribution is -0.123. The average Bonchev–Trinajstić information content (AvgIpc) is 3.16. The van der Waals surface area contributed by atoms with Gasteiger partial charge in [0.2, 0.25) is 5.91 Å². The summed E-state index contributed by atoms with van der Waals surface area (Å²) in [7, 11) is 0. The molecule has 0 radical (unpaired) electrons. The molecule has 1 aliphatic rings.